The van der Waals surface area contributed by atoms with Crippen LogP contribution < -0.4 is 10.2 Å². The summed E-state index contributed by atoms with van der Waals surface area (Å²) in [5, 5.41) is 3.48. The minimum absolute atomic E-state index is 0.302. The van der Waals surface area contributed by atoms with Crippen LogP contribution in [0, 0.1) is 0 Å². The molecule has 2 aromatic heterocycles. The molecular weight excluding hydrogens is 356 g/mol. The molecule has 4 rings (SSSR count). The summed E-state index contributed by atoms with van der Waals surface area (Å²) in [7, 11) is 1.45. The molecular formula is C18H13ClN4O3. The Morgan fingerprint density at radius 2 is 1.92 bits per heavy atom. The Kier molecular flexibility index (Phi) is 3.93. The number of hydrogen-bond donors (Lipinski definition) is 1. The molecule has 1 aliphatic rings. The summed E-state index contributed by atoms with van der Waals surface area (Å²) >= 11 is 5.94. The number of ether oxygens (including phenoxy) is 1. The van der Waals surface area contributed by atoms with Crippen molar-refractivity contribution >= 4 is 40.5 Å². The number of nitrogens with one attached hydrogen (secondary N) is 1. The van der Waals surface area contributed by atoms with E-state index in [2.05, 4.69) is 15.3 Å². The second kappa shape index (κ2) is 6.27. The summed E-state index contributed by atoms with van der Waals surface area (Å²) in [5.41, 5.74) is 1.46. The first-order valence-corrected chi connectivity index (χ1v) is 8.20. The summed E-state index contributed by atoms with van der Waals surface area (Å²) in [4.78, 5) is 34.7. The standard InChI is InChI=1S/C18H13ClN4O3/c1-20-18(25)26-17-12-5-3-2-4-11(12)16(24)23(17)14-9-7-10-6-8-13(19)21-15(10)22-14/h2-9,17H,1H3,(H,20,25). The highest BCUT2D eigenvalue weighted by Gasteiger charge is 2.40. The van der Waals surface area contributed by atoms with E-state index in [9.17, 15) is 9.59 Å². The fourth-order valence-electron chi connectivity index (χ4n) is 2.88. The lowest BCUT2D eigenvalue weighted by Crippen LogP contribution is -2.33. The lowest BCUT2D eigenvalue weighted by atomic mass is 10.1. The van der Waals surface area contributed by atoms with E-state index in [0.29, 0.717) is 27.7 Å². The molecule has 8 heteroatoms. The van der Waals surface area contributed by atoms with Crippen molar-refractivity contribution in [3.05, 3.63) is 64.8 Å². The zero-order valence-corrected chi connectivity index (χ0v) is 14.4. The molecule has 0 radical (unpaired) electrons. The van der Waals surface area contributed by atoms with E-state index in [-0.39, 0.29) is 5.91 Å². The van der Waals surface area contributed by atoms with Gasteiger partial charge in [0.15, 0.2) is 5.65 Å². The highest BCUT2D eigenvalue weighted by Crippen LogP contribution is 2.37. The highest BCUT2D eigenvalue weighted by atomic mass is 35.5. The van der Waals surface area contributed by atoms with Gasteiger partial charge in [0, 0.05) is 23.6 Å². The molecule has 1 aromatic carbocycles. The Bertz CT molecular complexity index is 1040. The Labute approximate surface area is 153 Å². The smallest absolute Gasteiger partial charge is 0.409 e. The van der Waals surface area contributed by atoms with Crippen molar-refractivity contribution < 1.29 is 14.3 Å². The first kappa shape index (κ1) is 16.3. The number of aromatic nitrogens is 2. The number of benzene rings is 1. The van der Waals surface area contributed by atoms with Crippen molar-refractivity contribution in [1.82, 2.24) is 15.3 Å². The van der Waals surface area contributed by atoms with Crippen LogP contribution in [0.4, 0.5) is 10.6 Å². The minimum Gasteiger partial charge on any atom is -0.420 e. The fraction of sp³-hybridized carbons (Fsp3) is 0.111. The Hall–Kier alpha value is -3.19. The van der Waals surface area contributed by atoms with Crippen LogP contribution >= 0.6 is 11.6 Å². The van der Waals surface area contributed by atoms with Crippen molar-refractivity contribution in [2.24, 2.45) is 0 Å². The lowest BCUT2D eigenvalue weighted by Gasteiger charge is -2.24. The van der Waals surface area contributed by atoms with Crippen molar-refractivity contribution in [2.45, 2.75) is 6.23 Å². The van der Waals surface area contributed by atoms with Crippen LogP contribution in [0.25, 0.3) is 11.0 Å². The average molecular weight is 369 g/mol. The van der Waals surface area contributed by atoms with Gasteiger partial charge in [0.2, 0.25) is 6.23 Å². The second-order valence-electron chi connectivity index (χ2n) is 5.62. The lowest BCUT2D eigenvalue weighted by molar-refractivity contribution is 0.0838. The summed E-state index contributed by atoms with van der Waals surface area (Å²) in [6, 6.07) is 13.9. The molecule has 1 N–H and O–H groups in total. The molecule has 0 spiro atoms. The molecule has 0 bridgehead atoms. The number of carbonyl (C=O) groups excluding carboxylic acids is 2. The van der Waals surface area contributed by atoms with Gasteiger partial charge in [-0.25, -0.2) is 14.8 Å². The second-order valence-corrected chi connectivity index (χ2v) is 6.01. The number of carbonyl (C=O) groups is 2. The largest absolute Gasteiger partial charge is 0.420 e. The van der Waals surface area contributed by atoms with Crippen LogP contribution in [0.15, 0.2) is 48.5 Å². The number of fused-ring (bicyclic) bond motifs is 2. The number of rotatable bonds is 2. The first-order chi connectivity index (χ1) is 12.6. The molecule has 3 aromatic rings. The van der Waals surface area contributed by atoms with Gasteiger partial charge >= 0.3 is 6.09 Å². The van der Waals surface area contributed by atoms with Gasteiger partial charge in [0.05, 0.1) is 0 Å². The first-order valence-electron chi connectivity index (χ1n) is 7.82. The van der Waals surface area contributed by atoms with Crippen LogP contribution in [0.3, 0.4) is 0 Å². The predicted octanol–water partition coefficient (Wildman–Crippen LogP) is 3.30. The summed E-state index contributed by atoms with van der Waals surface area (Å²) in [6.45, 7) is 0. The zero-order chi connectivity index (χ0) is 18.3. The van der Waals surface area contributed by atoms with Gasteiger partial charge in [-0.1, -0.05) is 29.8 Å². The number of alkyl carbamates (subject to hydrolysis) is 1. The zero-order valence-electron chi connectivity index (χ0n) is 13.6. The molecule has 1 unspecified atom stereocenters. The molecule has 0 saturated heterocycles. The third kappa shape index (κ3) is 2.62. The quantitative estimate of drug-likeness (QED) is 0.701. The van der Waals surface area contributed by atoms with E-state index in [1.54, 1.807) is 48.5 Å². The third-order valence-corrected chi connectivity index (χ3v) is 4.29. The topological polar surface area (TPSA) is 84.4 Å². The van der Waals surface area contributed by atoms with Gasteiger partial charge in [-0.3, -0.25) is 9.69 Å². The molecule has 26 heavy (non-hydrogen) atoms. The molecule has 2 amide bonds. The third-order valence-electron chi connectivity index (χ3n) is 4.08. The molecule has 7 nitrogen and oxygen atoms in total. The average Bonchev–Trinajstić information content (AvgIpc) is 2.93. The Morgan fingerprint density at radius 3 is 2.73 bits per heavy atom. The van der Waals surface area contributed by atoms with Gasteiger partial charge in [0.25, 0.3) is 5.91 Å². The molecule has 130 valence electrons. The highest BCUT2D eigenvalue weighted by molar-refractivity contribution is 6.29. The number of halogens is 1. The van der Waals surface area contributed by atoms with Gasteiger partial charge < -0.3 is 10.1 Å². The van der Waals surface area contributed by atoms with Crippen molar-refractivity contribution in [3.8, 4) is 0 Å². The van der Waals surface area contributed by atoms with Crippen LogP contribution in [-0.2, 0) is 4.74 Å². The number of amides is 2. The maximum atomic E-state index is 12.9. The van der Waals surface area contributed by atoms with E-state index in [4.69, 9.17) is 16.3 Å². The maximum Gasteiger partial charge on any atom is 0.409 e. The van der Waals surface area contributed by atoms with E-state index in [1.807, 2.05) is 0 Å². The fourth-order valence-corrected chi connectivity index (χ4v) is 3.03. The Balaban J connectivity index is 1.83. The molecule has 1 atom stereocenters. The number of anilines is 1. The predicted molar refractivity (Wildman–Crippen MR) is 96.1 cm³/mol. The number of pyridine rings is 2. The number of hydrogen-bond acceptors (Lipinski definition) is 5. The van der Waals surface area contributed by atoms with Crippen LogP contribution in [-0.4, -0.2) is 29.0 Å². The maximum absolute atomic E-state index is 12.9. The van der Waals surface area contributed by atoms with E-state index >= 15 is 0 Å². The van der Waals surface area contributed by atoms with Gasteiger partial charge in [0.1, 0.15) is 11.0 Å². The van der Waals surface area contributed by atoms with Crippen molar-refractivity contribution in [1.29, 1.82) is 0 Å². The molecule has 0 aliphatic carbocycles. The molecule has 0 fully saturated rings. The van der Waals surface area contributed by atoms with E-state index < -0.39 is 12.3 Å². The van der Waals surface area contributed by atoms with Gasteiger partial charge in [-0.15, -0.1) is 0 Å². The number of nitrogens with zero attached hydrogens (tertiary/aromatic N) is 3. The van der Waals surface area contributed by atoms with Crippen LogP contribution in [0.5, 0.6) is 0 Å². The van der Waals surface area contributed by atoms with Gasteiger partial charge in [-0.2, -0.15) is 0 Å². The van der Waals surface area contributed by atoms with Crippen LogP contribution in [0.2, 0.25) is 5.15 Å². The van der Waals surface area contributed by atoms with E-state index in [0.717, 1.165) is 5.39 Å². The molecule has 3 heterocycles. The SMILES string of the molecule is CNC(=O)OC1c2ccccc2C(=O)N1c1ccc2ccc(Cl)nc2n1. The molecule has 1 aliphatic heterocycles. The van der Waals surface area contributed by atoms with Crippen molar-refractivity contribution in [2.75, 3.05) is 11.9 Å². The van der Waals surface area contributed by atoms with Gasteiger partial charge in [-0.05, 0) is 30.3 Å². The minimum atomic E-state index is -0.914. The summed E-state index contributed by atoms with van der Waals surface area (Å²) in [5.74, 6) is 0.0192. The summed E-state index contributed by atoms with van der Waals surface area (Å²) < 4.78 is 5.43. The molecule has 0 saturated carbocycles. The summed E-state index contributed by atoms with van der Waals surface area (Å²) in [6.07, 6.45) is -1.56. The normalized spacial score (nSPS) is 15.8. The monoisotopic (exact) mass is 368 g/mol. The Morgan fingerprint density at radius 1 is 1.15 bits per heavy atom. The van der Waals surface area contributed by atoms with Crippen molar-refractivity contribution in [3.63, 3.8) is 0 Å². The van der Waals surface area contributed by atoms with E-state index in [1.165, 1.54) is 11.9 Å². The van der Waals surface area contributed by atoms with Crippen LogP contribution in [0.1, 0.15) is 22.1 Å².